The maximum atomic E-state index is 13.1. The van der Waals surface area contributed by atoms with Gasteiger partial charge in [-0.2, -0.15) is 0 Å². The van der Waals surface area contributed by atoms with E-state index in [0.29, 0.717) is 16.8 Å². The molecule has 0 unspecified atom stereocenters. The number of aryl methyl sites for hydroxylation is 1. The molecule has 0 heterocycles. The van der Waals surface area contributed by atoms with E-state index in [-0.39, 0.29) is 10.6 Å². The van der Waals surface area contributed by atoms with Crippen LogP contribution in [0.1, 0.15) is 11.1 Å². The van der Waals surface area contributed by atoms with Crippen LogP contribution in [0.25, 0.3) is 0 Å². The smallest absolute Gasteiger partial charge is 0.262 e. The summed E-state index contributed by atoms with van der Waals surface area (Å²) in [6.07, 6.45) is 0. The lowest BCUT2D eigenvalue weighted by Crippen LogP contribution is -2.16. The van der Waals surface area contributed by atoms with E-state index in [0.717, 1.165) is 18.2 Å². The van der Waals surface area contributed by atoms with Crippen molar-refractivity contribution in [3.8, 4) is 0 Å². The third-order valence-corrected chi connectivity index (χ3v) is 4.76. The summed E-state index contributed by atoms with van der Waals surface area (Å²) in [4.78, 5) is 0.0345. The fourth-order valence-corrected chi connectivity index (χ4v) is 3.57. The van der Waals surface area contributed by atoms with Gasteiger partial charge in [0.05, 0.1) is 10.6 Å². The number of nitrogens with one attached hydrogen (secondary N) is 1. The Hall–Kier alpha value is -2.15. The quantitative estimate of drug-likeness (QED) is 0.856. The van der Waals surface area contributed by atoms with E-state index < -0.39 is 21.7 Å². The molecule has 2 aromatic rings. The van der Waals surface area contributed by atoms with E-state index in [4.69, 9.17) is 5.73 Å². The fraction of sp³-hybridized carbons (Fsp3) is 0.143. The van der Waals surface area contributed by atoms with Crippen LogP contribution in [-0.4, -0.2) is 8.42 Å². The lowest BCUT2D eigenvalue weighted by atomic mass is 10.1. The molecule has 0 saturated heterocycles. The van der Waals surface area contributed by atoms with Gasteiger partial charge in [-0.25, -0.2) is 17.2 Å². The van der Waals surface area contributed by atoms with Crippen LogP contribution in [0.5, 0.6) is 0 Å². The summed E-state index contributed by atoms with van der Waals surface area (Å²) < 4.78 is 53.1. The van der Waals surface area contributed by atoms with E-state index in [1.165, 1.54) is 0 Å². The third kappa shape index (κ3) is 2.97. The van der Waals surface area contributed by atoms with Crippen molar-refractivity contribution in [2.45, 2.75) is 18.7 Å². The molecule has 0 aliphatic heterocycles. The average molecular weight is 312 g/mol. The largest absolute Gasteiger partial charge is 0.398 e. The van der Waals surface area contributed by atoms with Gasteiger partial charge in [0.2, 0.25) is 0 Å². The first-order chi connectivity index (χ1) is 9.72. The number of nitrogen functional groups attached to an aromatic ring is 1. The number of anilines is 2. The number of sulfonamides is 1. The number of rotatable bonds is 3. The summed E-state index contributed by atoms with van der Waals surface area (Å²) in [5.74, 6) is -2.18. The molecule has 0 bridgehead atoms. The van der Waals surface area contributed by atoms with Gasteiger partial charge < -0.3 is 5.73 Å². The molecular formula is C14H14F2N2O2S. The molecule has 7 heteroatoms. The van der Waals surface area contributed by atoms with Gasteiger partial charge in [0.1, 0.15) is 0 Å². The van der Waals surface area contributed by atoms with Crippen LogP contribution in [0.4, 0.5) is 20.2 Å². The van der Waals surface area contributed by atoms with E-state index in [1.807, 2.05) is 0 Å². The Morgan fingerprint density at radius 2 is 1.71 bits per heavy atom. The van der Waals surface area contributed by atoms with E-state index in [1.54, 1.807) is 26.0 Å². The van der Waals surface area contributed by atoms with Crippen molar-refractivity contribution < 1.29 is 17.2 Å². The monoisotopic (exact) mass is 312 g/mol. The molecule has 0 spiro atoms. The van der Waals surface area contributed by atoms with Crippen molar-refractivity contribution in [2.24, 2.45) is 0 Å². The van der Waals surface area contributed by atoms with Crippen LogP contribution < -0.4 is 10.5 Å². The summed E-state index contributed by atoms with van der Waals surface area (Å²) in [7, 11) is -3.95. The predicted molar refractivity (Wildman–Crippen MR) is 77.5 cm³/mol. The maximum absolute atomic E-state index is 13.1. The maximum Gasteiger partial charge on any atom is 0.262 e. The minimum absolute atomic E-state index is 0.0345. The number of nitrogens with two attached hydrogens (primary N) is 1. The van der Waals surface area contributed by atoms with Crippen LogP contribution >= 0.6 is 0 Å². The zero-order chi connectivity index (χ0) is 15.8. The first-order valence-electron chi connectivity index (χ1n) is 6.06. The summed E-state index contributed by atoms with van der Waals surface area (Å²) in [5.41, 5.74) is 6.92. The standard InChI is InChI=1S/C14H14F2N2O2S/c1-8-3-6-13(17)9(2)14(8)21(19,20)18-10-4-5-11(15)12(16)7-10/h3-7,18H,17H2,1-2H3. The number of hydrogen-bond donors (Lipinski definition) is 2. The Labute approximate surface area is 121 Å². The molecule has 0 atom stereocenters. The van der Waals surface area contributed by atoms with E-state index in [2.05, 4.69) is 4.72 Å². The van der Waals surface area contributed by atoms with Crippen molar-refractivity contribution in [1.29, 1.82) is 0 Å². The third-order valence-electron chi connectivity index (χ3n) is 3.09. The molecule has 2 rings (SSSR count). The normalized spacial score (nSPS) is 11.4. The number of benzene rings is 2. The minimum Gasteiger partial charge on any atom is -0.398 e. The van der Waals surface area contributed by atoms with Crippen LogP contribution in [0.15, 0.2) is 35.2 Å². The molecule has 2 aromatic carbocycles. The van der Waals surface area contributed by atoms with Crippen LogP contribution in [0.3, 0.4) is 0 Å². The van der Waals surface area contributed by atoms with Crippen LogP contribution in [-0.2, 0) is 10.0 Å². The highest BCUT2D eigenvalue weighted by Crippen LogP contribution is 2.27. The van der Waals surface area contributed by atoms with Crippen LogP contribution in [0, 0.1) is 25.5 Å². The molecular weight excluding hydrogens is 298 g/mol. The van der Waals surface area contributed by atoms with Crippen molar-refractivity contribution in [2.75, 3.05) is 10.5 Å². The van der Waals surface area contributed by atoms with Gasteiger partial charge in [-0.3, -0.25) is 4.72 Å². The lowest BCUT2D eigenvalue weighted by molar-refractivity contribution is 0.509. The van der Waals surface area contributed by atoms with Gasteiger partial charge in [0, 0.05) is 11.8 Å². The number of halogens is 2. The molecule has 0 fully saturated rings. The second-order valence-electron chi connectivity index (χ2n) is 4.66. The van der Waals surface area contributed by atoms with Crippen molar-refractivity contribution in [1.82, 2.24) is 0 Å². The van der Waals surface area contributed by atoms with E-state index >= 15 is 0 Å². The molecule has 21 heavy (non-hydrogen) atoms. The Morgan fingerprint density at radius 3 is 2.33 bits per heavy atom. The van der Waals surface area contributed by atoms with Gasteiger partial charge in [-0.15, -0.1) is 0 Å². The Bertz CT molecular complexity index is 805. The summed E-state index contributed by atoms with van der Waals surface area (Å²) in [6, 6.07) is 5.98. The summed E-state index contributed by atoms with van der Waals surface area (Å²) >= 11 is 0. The molecule has 0 saturated carbocycles. The molecule has 0 aromatic heterocycles. The first-order valence-corrected chi connectivity index (χ1v) is 7.54. The van der Waals surface area contributed by atoms with Gasteiger partial charge in [-0.05, 0) is 43.2 Å². The zero-order valence-electron chi connectivity index (χ0n) is 11.4. The average Bonchev–Trinajstić information content (AvgIpc) is 2.38. The minimum atomic E-state index is -3.95. The predicted octanol–water partition coefficient (Wildman–Crippen LogP) is 2.96. The Kier molecular flexibility index (Phi) is 3.87. The van der Waals surface area contributed by atoms with Gasteiger partial charge in [-0.1, -0.05) is 6.07 Å². The van der Waals surface area contributed by atoms with Gasteiger partial charge in [0.25, 0.3) is 10.0 Å². The first kappa shape index (κ1) is 15.2. The molecule has 4 nitrogen and oxygen atoms in total. The highest BCUT2D eigenvalue weighted by atomic mass is 32.2. The lowest BCUT2D eigenvalue weighted by Gasteiger charge is -2.14. The Balaban J connectivity index is 2.48. The van der Waals surface area contributed by atoms with Crippen molar-refractivity contribution >= 4 is 21.4 Å². The highest BCUT2D eigenvalue weighted by molar-refractivity contribution is 7.92. The van der Waals surface area contributed by atoms with Crippen molar-refractivity contribution in [3.05, 3.63) is 53.1 Å². The van der Waals surface area contributed by atoms with Gasteiger partial charge in [0.15, 0.2) is 11.6 Å². The van der Waals surface area contributed by atoms with Gasteiger partial charge >= 0.3 is 0 Å². The summed E-state index contributed by atoms with van der Waals surface area (Å²) in [5, 5.41) is 0. The molecule has 0 radical (unpaired) electrons. The summed E-state index contributed by atoms with van der Waals surface area (Å²) in [6.45, 7) is 3.22. The molecule has 3 N–H and O–H groups in total. The SMILES string of the molecule is Cc1ccc(N)c(C)c1S(=O)(=O)Nc1ccc(F)c(F)c1. The van der Waals surface area contributed by atoms with Crippen molar-refractivity contribution in [3.63, 3.8) is 0 Å². The molecule has 112 valence electrons. The molecule has 0 amide bonds. The fourth-order valence-electron chi connectivity index (χ4n) is 2.02. The zero-order valence-corrected chi connectivity index (χ0v) is 12.3. The Morgan fingerprint density at radius 1 is 1.05 bits per heavy atom. The highest BCUT2D eigenvalue weighted by Gasteiger charge is 2.21. The molecule has 0 aliphatic rings. The van der Waals surface area contributed by atoms with Crippen LogP contribution in [0.2, 0.25) is 0 Å². The topological polar surface area (TPSA) is 72.2 Å². The second-order valence-corrected chi connectivity index (χ2v) is 6.28. The second kappa shape index (κ2) is 5.33. The molecule has 0 aliphatic carbocycles. The van der Waals surface area contributed by atoms with E-state index in [9.17, 15) is 17.2 Å². The number of hydrogen-bond acceptors (Lipinski definition) is 3.